The third-order valence-corrected chi connectivity index (χ3v) is 4.47. The summed E-state index contributed by atoms with van der Waals surface area (Å²) < 4.78 is 38.5. The molecule has 1 aliphatic heterocycles. The van der Waals surface area contributed by atoms with Crippen molar-refractivity contribution in [2.45, 2.75) is 37.9 Å². The van der Waals surface area contributed by atoms with E-state index in [-0.39, 0.29) is 6.04 Å². The van der Waals surface area contributed by atoms with Crippen molar-refractivity contribution in [2.75, 3.05) is 18.0 Å². The van der Waals surface area contributed by atoms with Crippen LogP contribution in [0.25, 0.3) is 0 Å². The Balaban J connectivity index is 1.75. The lowest BCUT2D eigenvalue weighted by Crippen LogP contribution is -2.47. The van der Waals surface area contributed by atoms with Crippen LogP contribution < -0.4 is 10.6 Å². The van der Waals surface area contributed by atoms with Crippen LogP contribution in [-0.4, -0.2) is 19.1 Å². The molecule has 1 aromatic carbocycles. The van der Waals surface area contributed by atoms with Gasteiger partial charge in [0.05, 0.1) is 5.56 Å². The minimum absolute atomic E-state index is 0.0528. The van der Waals surface area contributed by atoms with E-state index in [1.54, 1.807) is 6.07 Å². The van der Waals surface area contributed by atoms with Gasteiger partial charge in [0.25, 0.3) is 0 Å². The lowest BCUT2D eigenvalue weighted by atomic mass is 9.90. The van der Waals surface area contributed by atoms with Gasteiger partial charge in [-0.3, -0.25) is 0 Å². The van der Waals surface area contributed by atoms with Gasteiger partial charge in [-0.15, -0.1) is 0 Å². The number of benzene rings is 1. The first kappa shape index (κ1) is 14.7. The van der Waals surface area contributed by atoms with Crippen molar-refractivity contribution < 1.29 is 13.2 Å². The highest BCUT2D eigenvalue weighted by atomic mass is 19.4. The zero-order valence-corrected chi connectivity index (χ0v) is 11.9. The molecule has 1 saturated carbocycles. The van der Waals surface area contributed by atoms with Crippen LogP contribution >= 0.6 is 0 Å². The molecular formula is C16H21F3N2. The molecule has 2 unspecified atom stereocenters. The Morgan fingerprint density at radius 1 is 1.14 bits per heavy atom. The molecule has 0 aromatic heterocycles. The van der Waals surface area contributed by atoms with Gasteiger partial charge in [-0.1, -0.05) is 18.9 Å². The van der Waals surface area contributed by atoms with Gasteiger partial charge in [-0.2, -0.15) is 13.2 Å². The Labute approximate surface area is 123 Å². The van der Waals surface area contributed by atoms with Crippen molar-refractivity contribution >= 4 is 5.69 Å². The molecule has 2 N–H and O–H groups in total. The molecule has 0 radical (unpaired) electrons. The second-order valence-electron chi connectivity index (χ2n) is 6.49. The average Bonchev–Trinajstić information content (AvgIpc) is 3.21. The van der Waals surface area contributed by atoms with Gasteiger partial charge in [0, 0.05) is 24.8 Å². The number of piperidine rings is 1. The van der Waals surface area contributed by atoms with Gasteiger partial charge in [0.1, 0.15) is 0 Å². The first-order chi connectivity index (χ1) is 9.91. The van der Waals surface area contributed by atoms with Crippen LogP contribution in [0.3, 0.4) is 0 Å². The fourth-order valence-corrected chi connectivity index (χ4v) is 3.33. The molecule has 5 heteroatoms. The molecule has 2 fully saturated rings. The van der Waals surface area contributed by atoms with Crippen molar-refractivity contribution in [1.82, 2.24) is 0 Å². The van der Waals surface area contributed by atoms with E-state index in [0.29, 0.717) is 18.2 Å². The minimum atomic E-state index is -4.29. The maximum Gasteiger partial charge on any atom is 0.416 e. The normalized spacial score (nSPS) is 27.0. The van der Waals surface area contributed by atoms with E-state index in [4.69, 9.17) is 5.73 Å². The summed E-state index contributed by atoms with van der Waals surface area (Å²) in [6, 6.07) is 5.65. The smallest absolute Gasteiger partial charge is 0.370 e. The summed E-state index contributed by atoms with van der Waals surface area (Å²) in [4.78, 5) is 2.02. The van der Waals surface area contributed by atoms with E-state index in [9.17, 15) is 13.2 Å². The van der Waals surface area contributed by atoms with Crippen molar-refractivity contribution in [3.8, 4) is 0 Å². The van der Waals surface area contributed by atoms with Crippen LogP contribution in [0.2, 0.25) is 0 Å². The lowest BCUT2D eigenvalue weighted by Gasteiger charge is -2.38. The van der Waals surface area contributed by atoms with Gasteiger partial charge in [0.15, 0.2) is 0 Å². The van der Waals surface area contributed by atoms with Crippen LogP contribution in [0.15, 0.2) is 24.3 Å². The number of hydrogen-bond acceptors (Lipinski definition) is 2. The van der Waals surface area contributed by atoms with Crippen LogP contribution in [0.4, 0.5) is 18.9 Å². The summed E-state index contributed by atoms with van der Waals surface area (Å²) in [5, 5.41) is 0. The average molecular weight is 298 g/mol. The highest BCUT2D eigenvalue weighted by Gasteiger charge is 2.33. The maximum atomic E-state index is 12.8. The fraction of sp³-hybridized carbons (Fsp3) is 0.625. The number of hydrogen-bond donors (Lipinski definition) is 1. The second-order valence-corrected chi connectivity index (χ2v) is 6.49. The fourth-order valence-electron chi connectivity index (χ4n) is 3.33. The van der Waals surface area contributed by atoms with E-state index >= 15 is 0 Å². The number of rotatable bonds is 3. The Kier molecular flexibility index (Phi) is 3.86. The predicted molar refractivity (Wildman–Crippen MR) is 77.1 cm³/mol. The van der Waals surface area contributed by atoms with Gasteiger partial charge >= 0.3 is 6.18 Å². The third kappa shape index (κ3) is 3.70. The van der Waals surface area contributed by atoms with Crippen molar-refractivity contribution in [2.24, 2.45) is 17.6 Å². The Hall–Kier alpha value is -1.23. The summed E-state index contributed by atoms with van der Waals surface area (Å²) in [6.07, 6.45) is 0.473. The zero-order chi connectivity index (χ0) is 15.0. The standard InChI is InChI=1S/C16H21F3N2/c17-16(18,19)13-2-1-3-15(8-13)21-9-12(6-11-4-5-11)7-14(20)10-21/h1-3,8,11-12,14H,4-7,9-10,20H2. The van der Waals surface area contributed by atoms with Crippen LogP contribution in [0.5, 0.6) is 0 Å². The molecule has 3 rings (SSSR count). The van der Waals surface area contributed by atoms with E-state index in [2.05, 4.69) is 0 Å². The molecule has 2 aliphatic rings. The van der Waals surface area contributed by atoms with E-state index in [1.807, 2.05) is 4.90 Å². The monoisotopic (exact) mass is 298 g/mol. The molecule has 1 heterocycles. The van der Waals surface area contributed by atoms with Gasteiger partial charge in [-0.25, -0.2) is 0 Å². The summed E-state index contributed by atoms with van der Waals surface area (Å²) in [6.45, 7) is 1.47. The van der Waals surface area contributed by atoms with Gasteiger partial charge in [0.2, 0.25) is 0 Å². The Morgan fingerprint density at radius 3 is 2.57 bits per heavy atom. The quantitative estimate of drug-likeness (QED) is 0.922. The van der Waals surface area contributed by atoms with Crippen LogP contribution in [0.1, 0.15) is 31.2 Å². The Bertz CT molecular complexity index is 495. The molecule has 0 spiro atoms. The molecule has 2 nitrogen and oxygen atoms in total. The third-order valence-electron chi connectivity index (χ3n) is 4.47. The molecule has 1 aliphatic carbocycles. The highest BCUT2D eigenvalue weighted by molar-refractivity contribution is 5.50. The Morgan fingerprint density at radius 2 is 1.90 bits per heavy atom. The summed E-state index contributed by atoms with van der Waals surface area (Å²) in [7, 11) is 0. The van der Waals surface area contributed by atoms with E-state index in [1.165, 1.54) is 31.4 Å². The second kappa shape index (κ2) is 5.52. The molecule has 0 amide bonds. The summed E-state index contributed by atoms with van der Waals surface area (Å²) in [5.41, 5.74) is 6.16. The van der Waals surface area contributed by atoms with Crippen molar-refractivity contribution in [1.29, 1.82) is 0 Å². The molecular weight excluding hydrogens is 277 g/mol. The van der Waals surface area contributed by atoms with Crippen LogP contribution in [0, 0.1) is 11.8 Å². The predicted octanol–water partition coefficient (Wildman–Crippen LogP) is 3.66. The maximum absolute atomic E-state index is 12.8. The number of nitrogens with zero attached hydrogens (tertiary/aromatic N) is 1. The zero-order valence-electron chi connectivity index (χ0n) is 11.9. The first-order valence-electron chi connectivity index (χ1n) is 7.59. The van der Waals surface area contributed by atoms with Crippen molar-refractivity contribution in [3.05, 3.63) is 29.8 Å². The highest BCUT2D eigenvalue weighted by Crippen LogP contribution is 2.38. The van der Waals surface area contributed by atoms with E-state index in [0.717, 1.165) is 24.9 Å². The van der Waals surface area contributed by atoms with Gasteiger partial charge in [-0.05, 0) is 42.9 Å². The SMILES string of the molecule is NC1CC(CC2CC2)CN(c2cccc(C(F)(F)F)c2)C1. The summed E-state index contributed by atoms with van der Waals surface area (Å²) in [5.74, 6) is 1.33. The van der Waals surface area contributed by atoms with Crippen molar-refractivity contribution in [3.63, 3.8) is 0 Å². The topological polar surface area (TPSA) is 29.3 Å². The first-order valence-corrected chi connectivity index (χ1v) is 7.59. The molecule has 0 bridgehead atoms. The molecule has 116 valence electrons. The lowest BCUT2D eigenvalue weighted by molar-refractivity contribution is -0.137. The molecule has 1 aromatic rings. The number of alkyl halides is 3. The molecule has 21 heavy (non-hydrogen) atoms. The largest absolute Gasteiger partial charge is 0.416 e. The molecule has 2 atom stereocenters. The van der Waals surface area contributed by atoms with E-state index < -0.39 is 11.7 Å². The van der Waals surface area contributed by atoms with Crippen LogP contribution in [-0.2, 0) is 6.18 Å². The number of nitrogens with two attached hydrogens (primary N) is 1. The summed E-state index contributed by atoms with van der Waals surface area (Å²) >= 11 is 0. The van der Waals surface area contributed by atoms with Gasteiger partial charge < -0.3 is 10.6 Å². The minimum Gasteiger partial charge on any atom is -0.370 e. The molecule has 1 saturated heterocycles. The number of anilines is 1. The number of halogens is 3.